The summed E-state index contributed by atoms with van der Waals surface area (Å²) in [6.07, 6.45) is 0.982. The van der Waals surface area contributed by atoms with Gasteiger partial charge in [-0.2, -0.15) is 0 Å². The summed E-state index contributed by atoms with van der Waals surface area (Å²) in [5, 5.41) is 11.2. The zero-order valence-corrected chi connectivity index (χ0v) is 13.9. The molecule has 0 aliphatic carbocycles. The minimum absolute atomic E-state index is 0.149. The van der Waals surface area contributed by atoms with Crippen molar-refractivity contribution in [1.29, 1.82) is 0 Å². The van der Waals surface area contributed by atoms with E-state index in [4.69, 9.17) is 9.47 Å². The van der Waals surface area contributed by atoms with Crippen molar-refractivity contribution in [3.63, 3.8) is 0 Å². The van der Waals surface area contributed by atoms with Gasteiger partial charge in [0.15, 0.2) is 11.5 Å². The predicted octanol–water partition coefficient (Wildman–Crippen LogP) is 2.50. The fraction of sp³-hybridized carbons (Fsp3) is 0.278. The first-order valence-electron chi connectivity index (χ1n) is 8.24. The van der Waals surface area contributed by atoms with Crippen LogP contribution in [-0.4, -0.2) is 27.7 Å². The van der Waals surface area contributed by atoms with Gasteiger partial charge in [-0.1, -0.05) is 18.2 Å². The number of benzene rings is 2. The number of hydrogen-bond acceptors (Lipinski definition) is 5. The molecule has 0 spiro atoms. The van der Waals surface area contributed by atoms with Crippen LogP contribution in [0.1, 0.15) is 29.3 Å². The van der Waals surface area contributed by atoms with E-state index in [-0.39, 0.29) is 12.7 Å². The summed E-state index contributed by atoms with van der Waals surface area (Å²) in [5.74, 6) is 1.29. The van der Waals surface area contributed by atoms with Crippen LogP contribution in [0.4, 0.5) is 0 Å². The number of ether oxygens (including phenoxy) is 2. The van der Waals surface area contributed by atoms with E-state index in [1.165, 1.54) is 0 Å². The SMILES string of the molecule is CCCn1nnc2cc(C(=O)NCc3ccc4c(c3)OCO4)ccc21. The second-order valence-electron chi connectivity index (χ2n) is 5.89. The van der Waals surface area contributed by atoms with Gasteiger partial charge >= 0.3 is 0 Å². The molecule has 1 aromatic heterocycles. The van der Waals surface area contributed by atoms with Crippen molar-refractivity contribution >= 4 is 16.9 Å². The van der Waals surface area contributed by atoms with E-state index in [9.17, 15) is 4.79 Å². The molecule has 7 nitrogen and oxygen atoms in total. The average molecular weight is 338 g/mol. The van der Waals surface area contributed by atoms with Crippen molar-refractivity contribution in [2.24, 2.45) is 0 Å². The third-order valence-electron chi connectivity index (χ3n) is 4.10. The van der Waals surface area contributed by atoms with E-state index in [0.29, 0.717) is 17.9 Å². The molecule has 7 heteroatoms. The smallest absolute Gasteiger partial charge is 0.251 e. The van der Waals surface area contributed by atoms with Gasteiger partial charge in [0.25, 0.3) is 5.91 Å². The number of carbonyl (C=O) groups excluding carboxylic acids is 1. The minimum atomic E-state index is -0.149. The first-order chi connectivity index (χ1) is 12.2. The third kappa shape index (κ3) is 3.00. The maximum Gasteiger partial charge on any atom is 0.251 e. The molecule has 0 saturated heterocycles. The molecular formula is C18H18N4O3. The van der Waals surface area contributed by atoms with Gasteiger partial charge in [-0.05, 0) is 42.3 Å². The van der Waals surface area contributed by atoms with Crippen LogP contribution in [0, 0.1) is 0 Å². The van der Waals surface area contributed by atoms with Crippen LogP contribution in [0.2, 0.25) is 0 Å². The molecule has 0 saturated carbocycles. The van der Waals surface area contributed by atoms with E-state index >= 15 is 0 Å². The zero-order valence-electron chi connectivity index (χ0n) is 13.9. The molecular weight excluding hydrogens is 320 g/mol. The largest absolute Gasteiger partial charge is 0.454 e. The standard InChI is InChI=1S/C18H18N4O3/c1-2-7-22-15-5-4-13(9-14(15)20-21-22)18(23)19-10-12-3-6-16-17(8-12)25-11-24-16/h3-6,8-9H,2,7,10-11H2,1H3,(H,19,23). The van der Waals surface area contributed by atoms with E-state index in [1.54, 1.807) is 12.1 Å². The lowest BCUT2D eigenvalue weighted by molar-refractivity contribution is 0.0951. The molecule has 0 radical (unpaired) electrons. The number of rotatable bonds is 5. The van der Waals surface area contributed by atoms with Gasteiger partial charge in [0, 0.05) is 18.7 Å². The number of aromatic nitrogens is 3. The van der Waals surface area contributed by atoms with Crippen molar-refractivity contribution in [3.05, 3.63) is 47.5 Å². The molecule has 2 heterocycles. The van der Waals surface area contributed by atoms with E-state index in [2.05, 4.69) is 22.6 Å². The van der Waals surface area contributed by atoms with Crippen molar-refractivity contribution in [1.82, 2.24) is 20.3 Å². The molecule has 1 aliphatic heterocycles. The highest BCUT2D eigenvalue weighted by molar-refractivity contribution is 5.97. The van der Waals surface area contributed by atoms with Crippen LogP contribution in [-0.2, 0) is 13.1 Å². The van der Waals surface area contributed by atoms with Crippen LogP contribution in [0.25, 0.3) is 11.0 Å². The highest BCUT2D eigenvalue weighted by atomic mass is 16.7. The van der Waals surface area contributed by atoms with Crippen LogP contribution >= 0.6 is 0 Å². The quantitative estimate of drug-likeness (QED) is 0.773. The lowest BCUT2D eigenvalue weighted by atomic mass is 10.1. The summed E-state index contributed by atoms with van der Waals surface area (Å²) in [5.41, 5.74) is 3.18. The molecule has 25 heavy (non-hydrogen) atoms. The lowest BCUT2D eigenvalue weighted by Gasteiger charge is -2.07. The Bertz CT molecular complexity index is 935. The molecule has 1 amide bonds. The van der Waals surface area contributed by atoms with E-state index in [1.807, 2.05) is 28.9 Å². The van der Waals surface area contributed by atoms with Gasteiger partial charge < -0.3 is 14.8 Å². The van der Waals surface area contributed by atoms with Crippen LogP contribution < -0.4 is 14.8 Å². The van der Waals surface area contributed by atoms with Gasteiger partial charge in [-0.3, -0.25) is 4.79 Å². The number of carbonyl (C=O) groups is 1. The van der Waals surface area contributed by atoms with Gasteiger partial charge in [-0.15, -0.1) is 5.10 Å². The summed E-state index contributed by atoms with van der Waals surface area (Å²) >= 11 is 0. The Morgan fingerprint density at radius 2 is 2.08 bits per heavy atom. The minimum Gasteiger partial charge on any atom is -0.454 e. The van der Waals surface area contributed by atoms with Crippen LogP contribution in [0.3, 0.4) is 0 Å². The normalized spacial score (nSPS) is 12.5. The van der Waals surface area contributed by atoms with Crippen molar-refractivity contribution < 1.29 is 14.3 Å². The summed E-state index contributed by atoms with van der Waals surface area (Å²) < 4.78 is 12.5. The maximum absolute atomic E-state index is 12.4. The van der Waals surface area contributed by atoms with Crippen LogP contribution in [0.5, 0.6) is 11.5 Å². The number of hydrogen-bond donors (Lipinski definition) is 1. The Balaban J connectivity index is 1.46. The fourth-order valence-electron chi connectivity index (χ4n) is 2.83. The summed E-state index contributed by atoms with van der Waals surface area (Å²) in [6, 6.07) is 11.1. The summed E-state index contributed by atoms with van der Waals surface area (Å²) in [7, 11) is 0. The topological polar surface area (TPSA) is 78.3 Å². The second-order valence-corrected chi connectivity index (χ2v) is 5.89. The van der Waals surface area contributed by atoms with Gasteiger partial charge in [0.1, 0.15) is 5.52 Å². The maximum atomic E-state index is 12.4. The third-order valence-corrected chi connectivity index (χ3v) is 4.10. The molecule has 0 bridgehead atoms. The van der Waals surface area contributed by atoms with Gasteiger partial charge in [0.05, 0.1) is 5.52 Å². The number of nitrogens with one attached hydrogen (secondary N) is 1. The number of aryl methyl sites for hydroxylation is 1. The Morgan fingerprint density at radius 1 is 1.20 bits per heavy atom. The second kappa shape index (κ2) is 6.43. The van der Waals surface area contributed by atoms with E-state index < -0.39 is 0 Å². The highest BCUT2D eigenvalue weighted by Gasteiger charge is 2.14. The Labute approximate surface area is 144 Å². The Hall–Kier alpha value is -3.09. The molecule has 0 unspecified atom stereocenters. The highest BCUT2D eigenvalue weighted by Crippen LogP contribution is 2.32. The molecule has 0 atom stereocenters. The Morgan fingerprint density at radius 3 is 2.96 bits per heavy atom. The Kier molecular flexibility index (Phi) is 3.97. The molecule has 2 aromatic carbocycles. The fourth-order valence-corrected chi connectivity index (χ4v) is 2.83. The van der Waals surface area contributed by atoms with Crippen molar-refractivity contribution in [3.8, 4) is 11.5 Å². The zero-order chi connectivity index (χ0) is 17.2. The molecule has 0 fully saturated rings. The van der Waals surface area contributed by atoms with Gasteiger partial charge in [0.2, 0.25) is 6.79 Å². The van der Waals surface area contributed by atoms with Crippen LogP contribution in [0.15, 0.2) is 36.4 Å². The van der Waals surface area contributed by atoms with Gasteiger partial charge in [-0.25, -0.2) is 4.68 Å². The molecule has 128 valence electrons. The number of fused-ring (bicyclic) bond motifs is 2. The predicted molar refractivity (Wildman–Crippen MR) is 91.6 cm³/mol. The summed E-state index contributed by atoms with van der Waals surface area (Å²) in [4.78, 5) is 12.4. The molecule has 3 aromatic rings. The first-order valence-corrected chi connectivity index (χ1v) is 8.24. The molecule has 1 aliphatic rings. The van der Waals surface area contributed by atoms with E-state index in [0.717, 1.165) is 35.3 Å². The monoisotopic (exact) mass is 338 g/mol. The first kappa shape index (κ1) is 15.4. The lowest BCUT2D eigenvalue weighted by Crippen LogP contribution is -2.22. The van der Waals surface area contributed by atoms with Crippen molar-refractivity contribution in [2.75, 3.05) is 6.79 Å². The average Bonchev–Trinajstić information content (AvgIpc) is 3.26. The van der Waals surface area contributed by atoms with Crippen molar-refractivity contribution in [2.45, 2.75) is 26.4 Å². The molecule has 1 N–H and O–H groups in total. The summed E-state index contributed by atoms with van der Waals surface area (Å²) in [6.45, 7) is 3.55. The number of amides is 1. The molecule has 4 rings (SSSR count). The number of nitrogens with zero attached hydrogens (tertiary/aromatic N) is 3.